The van der Waals surface area contributed by atoms with Gasteiger partial charge in [0.05, 0.1) is 10.7 Å². The molecule has 0 fully saturated rings. The van der Waals surface area contributed by atoms with Crippen molar-refractivity contribution in [3.05, 3.63) is 39.5 Å². The summed E-state index contributed by atoms with van der Waals surface area (Å²) in [5.74, 6) is 0. The van der Waals surface area contributed by atoms with Gasteiger partial charge >= 0.3 is 0 Å². The smallest absolute Gasteiger partial charge is 0.111 e. The van der Waals surface area contributed by atoms with Crippen molar-refractivity contribution >= 4 is 27.5 Å². The van der Waals surface area contributed by atoms with Gasteiger partial charge in [0, 0.05) is 17.1 Å². The minimum Gasteiger partial charge on any atom is -0.271 e. The first-order valence-electron chi connectivity index (χ1n) is 4.54. The van der Waals surface area contributed by atoms with Crippen LogP contribution in [0.2, 0.25) is 5.02 Å². The Morgan fingerprint density at radius 2 is 1.87 bits per heavy atom. The Morgan fingerprint density at radius 1 is 1.27 bits per heavy atom. The van der Waals surface area contributed by atoms with Gasteiger partial charge in [-0.2, -0.15) is 5.10 Å². The highest BCUT2D eigenvalue weighted by Crippen LogP contribution is 2.29. The van der Waals surface area contributed by atoms with Crippen LogP contribution >= 0.6 is 27.5 Å². The van der Waals surface area contributed by atoms with Gasteiger partial charge in [-0.05, 0) is 19.1 Å². The molecule has 0 bridgehead atoms. The molecule has 0 unspecified atom stereocenters. The molecule has 0 atom stereocenters. The first-order valence-corrected chi connectivity index (χ1v) is 5.71. The number of halogens is 2. The third-order valence-corrected chi connectivity index (χ3v) is 3.36. The lowest BCUT2D eigenvalue weighted by Crippen LogP contribution is -1.92. The number of hydrogen-bond donors (Lipinski definition) is 0. The molecule has 0 aliphatic carbocycles. The number of nitrogens with zero attached hydrogens (tertiary/aromatic N) is 2. The summed E-state index contributed by atoms with van der Waals surface area (Å²) in [6.07, 6.45) is 0. The van der Waals surface area contributed by atoms with Crippen molar-refractivity contribution < 1.29 is 0 Å². The highest BCUT2D eigenvalue weighted by atomic mass is 79.9. The zero-order chi connectivity index (χ0) is 11.0. The van der Waals surface area contributed by atoms with E-state index in [0.717, 1.165) is 26.4 Å². The van der Waals surface area contributed by atoms with Gasteiger partial charge in [-0.15, -0.1) is 0 Å². The van der Waals surface area contributed by atoms with Crippen LogP contribution in [0.1, 0.15) is 5.69 Å². The Kier molecular flexibility index (Phi) is 2.85. The van der Waals surface area contributed by atoms with E-state index in [2.05, 4.69) is 21.0 Å². The highest BCUT2D eigenvalue weighted by molar-refractivity contribution is 9.10. The molecule has 0 spiro atoms. The molecular formula is C11H10BrClN2. The van der Waals surface area contributed by atoms with Crippen molar-refractivity contribution in [2.75, 3.05) is 0 Å². The molecule has 0 saturated heterocycles. The molecule has 0 aliphatic rings. The molecule has 0 radical (unpaired) electrons. The molecule has 0 N–H and O–H groups in total. The second-order valence-electron chi connectivity index (χ2n) is 3.38. The van der Waals surface area contributed by atoms with Crippen LogP contribution in [0.25, 0.3) is 11.3 Å². The minimum absolute atomic E-state index is 0.722. The highest BCUT2D eigenvalue weighted by Gasteiger charge is 2.11. The van der Waals surface area contributed by atoms with E-state index in [-0.39, 0.29) is 0 Å². The lowest BCUT2D eigenvalue weighted by Gasteiger charge is -1.97. The normalized spacial score (nSPS) is 10.7. The van der Waals surface area contributed by atoms with Crippen LogP contribution in [0, 0.1) is 6.92 Å². The van der Waals surface area contributed by atoms with Crippen LogP contribution in [0.5, 0.6) is 0 Å². The first kappa shape index (κ1) is 10.7. The second kappa shape index (κ2) is 3.99. The fraction of sp³-hybridized carbons (Fsp3) is 0.182. The van der Waals surface area contributed by atoms with Gasteiger partial charge < -0.3 is 0 Å². The second-order valence-corrected chi connectivity index (χ2v) is 4.67. The summed E-state index contributed by atoms with van der Waals surface area (Å²) in [6, 6.07) is 7.96. The summed E-state index contributed by atoms with van der Waals surface area (Å²) in [5.41, 5.74) is 2.85. The Hall–Kier alpha value is -0.800. The molecule has 2 nitrogen and oxygen atoms in total. The maximum absolute atomic E-state index is 6.19. The van der Waals surface area contributed by atoms with Crippen LogP contribution in [-0.4, -0.2) is 9.78 Å². The largest absolute Gasteiger partial charge is 0.271 e. The average molecular weight is 286 g/mol. The van der Waals surface area contributed by atoms with Crippen LogP contribution in [-0.2, 0) is 7.05 Å². The summed E-state index contributed by atoms with van der Waals surface area (Å²) in [5, 5.41) is 5.10. The van der Waals surface area contributed by atoms with Gasteiger partial charge in [0.2, 0.25) is 0 Å². The van der Waals surface area contributed by atoms with Crippen molar-refractivity contribution in [3.8, 4) is 11.3 Å². The summed E-state index contributed by atoms with van der Waals surface area (Å²) in [7, 11) is 1.89. The number of rotatable bonds is 1. The molecule has 0 aliphatic heterocycles. The molecule has 4 heteroatoms. The lowest BCUT2D eigenvalue weighted by atomic mass is 10.1. The monoisotopic (exact) mass is 284 g/mol. The van der Waals surface area contributed by atoms with E-state index >= 15 is 0 Å². The Balaban J connectivity index is 2.54. The van der Waals surface area contributed by atoms with E-state index in [0.29, 0.717) is 0 Å². The topological polar surface area (TPSA) is 17.8 Å². The van der Waals surface area contributed by atoms with Crippen molar-refractivity contribution in [3.63, 3.8) is 0 Å². The molecule has 78 valence electrons. The number of aromatic nitrogens is 2. The van der Waals surface area contributed by atoms with Crippen molar-refractivity contribution in [1.82, 2.24) is 9.78 Å². The molecule has 15 heavy (non-hydrogen) atoms. The third-order valence-electron chi connectivity index (χ3n) is 2.38. The molecule has 0 amide bonds. The van der Waals surface area contributed by atoms with E-state index in [4.69, 9.17) is 11.6 Å². The van der Waals surface area contributed by atoms with Crippen LogP contribution < -0.4 is 0 Å². The van der Waals surface area contributed by atoms with Gasteiger partial charge in [-0.3, -0.25) is 4.68 Å². The van der Waals surface area contributed by atoms with Crippen molar-refractivity contribution in [2.45, 2.75) is 6.92 Å². The van der Waals surface area contributed by atoms with Crippen molar-refractivity contribution in [2.24, 2.45) is 7.05 Å². The van der Waals surface area contributed by atoms with E-state index in [9.17, 15) is 0 Å². The molecule has 0 saturated carbocycles. The SMILES string of the molecule is Cc1c(Cl)c(-c2ccc(Br)cc2)nn1C. The Labute approximate surface area is 102 Å². The summed E-state index contributed by atoms with van der Waals surface area (Å²) < 4.78 is 2.84. The number of benzene rings is 1. The lowest BCUT2D eigenvalue weighted by molar-refractivity contribution is 0.743. The molecule has 2 rings (SSSR count). The van der Waals surface area contributed by atoms with Crippen LogP contribution in [0.15, 0.2) is 28.7 Å². The minimum atomic E-state index is 0.722. The van der Waals surface area contributed by atoms with E-state index in [1.54, 1.807) is 4.68 Å². The van der Waals surface area contributed by atoms with E-state index in [1.807, 2.05) is 38.2 Å². The zero-order valence-electron chi connectivity index (χ0n) is 8.46. The summed E-state index contributed by atoms with van der Waals surface area (Å²) in [4.78, 5) is 0. The average Bonchev–Trinajstić information content (AvgIpc) is 2.47. The van der Waals surface area contributed by atoms with Gasteiger partial charge in [0.25, 0.3) is 0 Å². The predicted molar refractivity (Wildman–Crippen MR) is 66.1 cm³/mol. The van der Waals surface area contributed by atoms with Gasteiger partial charge in [0.1, 0.15) is 5.69 Å². The maximum atomic E-state index is 6.19. The third kappa shape index (κ3) is 1.94. The number of hydrogen-bond acceptors (Lipinski definition) is 1. The van der Waals surface area contributed by atoms with E-state index < -0.39 is 0 Å². The molecular weight excluding hydrogens is 275 g/mol. The van der Waals surface area contributed by atoms with Gasteiger partial charge in [-0.25, -0.2) is 0 Å². The molecule has 2 aromatic rings. The zero-order valence-corrected chi connectivity index (χ0v) is 10.8. The summed E-state index contributed by atoms with van der Waals surface area (Å²) >= 11 is 9.59. The maximum Gasteiger partial charge on any atom is 0.111 e. The fourth-order valence-electron chi connectivity index (χ4n) is 1.37. The van der Waals surface area contributed by atoms with E-state index in [1.165, 1.54) is 0 Å². The predicted octanol–water partition coefficient (Wildman–Crippen LogP) is 3.81. The quantitative estimate of drug-likeness (QED) is 0.779. The van der Waals surface area contributed by atoms with Crippen LogP contribution in [0.4, 0.5) is 0 Å². The van der Waals surface area contributed by atoms with Crippen molar-refractivity contribution in [1.29, 1.82) is 0 Å². The first-order chi connectivity index (χ1) is 7.09. The molecule has 1 aromatic heterocycles. The van der Waals surface area contributed by atoms with Crippen LogP contribution in [0.3, 0.4) is 0 Å². The Morgan fingerprint density at radius 3 is 2.33 bits per heavy atom. The molecule has 1 heterocycles. The molecule has 1 aromatic carbocycles. The summed E-state index contributed by atoms with van der Waals surface area (Å²) in [6.45, 7) is 1.96. The Bertz CT molecular complexity index is 488. The van der Waals surface area contributed by atoms with Gasteiger partial charge in [-0.1, -0.05) is 39.7 Å². The fourth-order valence-corrected chi connectivity index (χ4v) is 1.91. The standard InChI is InChI=1S/C11H10BrClN2/c1-7-10(13)11(14-15(7)2)8-3-5-9(12)6-4-8/h3-6H,1-2H3. The van der Waals surface area contributed by atoms with Gasteiger partial charge in [0.15, 0.2) is 0 Å². The number of aryl methyl sites for hydroxylation is 1.